The number of para-hydroxylation sites is 2. The summed E-state index contributed by atoms with van der Waals surface area (Å²) in [6, 6.07) is 15.5. The van der Waals surface area contributed by atoms with Crippen LogP contribution < -0.4 is 14.8 Å². The van der Waals surface area contributed by atoms with Gasteiger partial charge >= 0.3 is 6.03 Å². The lowest BCUT2D eigenvalue weighted by molar-refractivity contribution is 0.0675. The summed E-state index contributed by atoms with van der Waals surface area (Å²) < 4.78 is 17.2. The van der Waals surface area contributed by atoms with E-state index in [1.165, 1.54) is 0 Å². The first-order chi connectivity index (χ1) is 13.7. The molecule has 0 saturated carbocycles. The van der Waals surface area contributed by atoms with E-state index in [1.54, 1.807) is 4.90 Å². The second-order valence-corrected chi connectivity index (χ2v) is 6.60. The van der Waals surface area contributed by atoms with E-state index in [2.05, 4.69) is 5.32 Å². The van der Waals surface area contributed by atoms with Gasteiger partial charge in [-0.1, -0.05) is 36.4 Å². The maximum Gasteiger partial charge on any atom is 0.317 e. The average Bonchev–Trinajstić information content (AvgIpc) is 2.74. The van der Waals surface area contributed by atoms with Gasteiger partial charge in [-0.05, 0) is 37.1 Å². The number of benzene rings is 2. The maximum atomic E-state index is 12.7. The van der Waals surface area contributed by atoms with E-state index >= 15 is 0 Å². The van der Waals surface area contributed by atoms with Crippen molar-refractivity contribution >= 4 is 6.03 Å². The van der Waals surface area contributed by atoms with Gasteiger partial charge in [0, 0.05) is 19.7 Å². The molecule has 1 aliphatic heterocycles. The summed E-state index contributed by atoms with van der Waals surface area (Å²) in [6.45, 7) is 7.09. The van der Waals surface area contributed by atoms with Gasteiger partial charge in [0.1, 0.15) is 6.61 Å². The lowest BCUT2D eigenvalue weighted by Crippen LogP contribution is -2.47. The Morgan fingerprint density at radius 3 is 2.57 bits per heavy atom. The van der Waals surface area contributed by atoms with Crippen LogP contribution in [0, 0.1) is 0 Å². The zero-order valence-electron chi connectivity index (χ0n) is 16.5. The summed E-state index contributed by atoms with van der Waals surface area (Å²) >= 11 is 0. The van der Waals surface area contributed by atoms with Gasteiger partial charge in [0.15, 0.2) is 17.6 Å². The van der Waals surface area contributed by atoms with Gasteiger partial charge in [0.05, 0.1) is 13.2 Å². The highest BCUT2D eigenvalue weighted by Crippen LogP contribution is 2.31. The minimum Gasteiger partial charge on any atom is -0.486 e. The summed E-state index contributed by atoms with van der Waals surface area (Å²) in [5.41, 5.74) is 2.15. The van der Waals surface area contributed by atoms with Crippen molar-refractivity contribution in [2.45, 2.75) is 33.1 Å². The van der Waals surface area contributed by atoms with Crippen LogP contribution in [-0.2, 0) is 17.9 Å². The van der Waals surface area contributed by atoms with Crippen LogP contribution in [-0.4, -0.2) is 43.3 Å². The Morgan fingerprint density at radius 1 is 1.11 bits per heavy atom. The molecule has 150 valence electrons. The summed E-state index contributed by atoms with van der Waals surface area (Å²) in [6.07, 6.45) is -0.189. The molecule has 1 unspecified atom stereocenters. The molecule has 0 saturated heterocycles. The molecule has 28 heavy (non-hydrogen) atoms. The minimum atomic E-state index is -0.189. The Hall–Kier alpha value is -2.73. The molecule has 6 nitrogen and oxygen atoms in total. The average molecular weight is 384 g/mol. The van der Waals surface area contributed by atoms with Crippen molar-refractivity contribution in [2.24, 2.45) is 0 Å². The van der Waals surface area contributed by atoms with Crippen molar-refractivity contribution in [2.75, 3.05) is 26.3 Å². The highest BCUT2D eigenvalue weighted by atomic mass is 16.6. The molecule has 0 aliphatic carbocycles. The fourth-order valence-corrected chi connectivity index (χ4v) is 3.12. The predicted octanol–water partition coefficient (Wildman–Crippen LogP) is 3.59. The molecule has 2 amide bonds. The van der Waals surface area contributed by atoms with E-state index in [0.29, 0.717) is 39.5 Å². The Labute approximate surface area is 166 Å². The number of carbonyl (C=O) groups is 1. The number of ether oxygens (including phenoxy) is 3. The Bertz CT molecular complexity index is 781. The van der Waals surface area contributed by atoms with Crippen molar-refractivity contribution in [1.82, 2.24) is 10.2 Å². The molecule has 6 heteroatoms. The minimum absolute atomic E-state index is 0.115. The molecule has 0 spiro atoms. The van der Waals surface area contributed by atoms with Crippen molar-refractivity contribution in [3.63, 3.8) is 0 Å². The number of likely N-dealkylation sites (N-methyl/N-ethyl adjacent to an activating group) is 1. The highest BCUT2D eigenvalue weighted by molar-refractivity contribution is 5.74. The second-order valence-electron chi connectivity index (χ2n) is 6.60. The molecule has 2 aromatic carbocycles. The predicted molar refractivity (Wildman–Crippen MR) is 108 cm³/mol. The molecule has 3 rings (SSSR count). The van der Waals surface area contributed by atoms with Gasteiger partial charge < -0.3 is 24.4 Å². The number of urea groups is 1. The lowest BCUT2D eigenvalue weighted by Gasteiger charge is -2.31. The molecule has 1 atom stereocenters. The van der Waals surface area contributed by atoms with Crippen LogP contribution in [0.1, 0.15) is 25.0 Å². The van der Waals surface area contributed by atoms with E-state index < -0.39 is 0 Å². The van der Waals surface area contributed by atoms with Crippen molar-refractivity contribution in [3.8, 4) is 11.5 Å². The molecule has 1 N–H and O–H groups in total. The van der Waals surface area contributed by atoms with Gasteiger partial charge in [-0.2, -0.15) is 0 Å². The van der Waals surface area contributed by atoms with Gasteiger partial charge in [0.25, 0.3) is 0 Å². The topological polar surface area (TPSA) is 60.0 Å². The number of rotatable bonds is 8. The number of nitrogens with one attached hydrogen (secondary N) is 1. The van der Waals surface area contributed by atoms with E-state index in [4.69, 9.17) is 14.2 Å². The van der Waals surface area contributed by atoms with Crippen LogP contribution >= 0.6 is 0 Å². The van der Waals surface area contributed by atoms with E-state index in [1.807, 2.05) is 62.4 Å². The third kappa shape index (κ3) is 5.16. The van der Waals surface area contributed by atoms with Gasteiger partial charge in [-0.15, -0.1) is 0 Å². The third-order valence-corrected chi connectivity index (χ3v) is 4.67. The number of hydrogen-bond donors (Lipinski definition) is 1. The quantitative estimate of drug-likeness (QED) is 0.756. The highest BCUT2D eigenvalue weighted by Gasteiger charge is 2.24. The van der Waals surface area contributed by atoms with Crippen LogP contribution in [0.15, 0.2) is 48.5 Å². The van der Waals surface area contributed by atoms with Crippen molar-refractivity contribution < 1.29 is 19.0 Å². The van der Waals surface area contributed by atoms with Crippen LogP contribution in [0.2, 0.25) is 0 Å². The molecule has 0 aromatic heterocycles. The zero-order valence-corrected chi connectivity index (χ0v) is 16.5. The van der Waals surface area contributed by atoms with Crippen LogP contribution in [0.5, 0.6) is 11.5 Å². The van der Waals surface area contributed by atoms with Gasteiger partial charge in [-0.25, -0.2) is 4.79 Å². The van der Waals surface area contributed by atoms with Gasteiger partial charge in [-0.3, -0.25) is 0 Å². The van der Waals surface area contributed by atoms with E-state index in [0.717, 1.165) is 22.6 Å². The third-order valence-electron chi connectivity index (χ3n) is 4.67. The Morgan fingerprint density at radius 2 is 1.82 bits per heavy atom. The van der Waals surface area contributed by atoms with Crippen LogP contribution in [0.4, 0.5) is 4.79 Å². The summed E-state index contributed by atoms with van der Waals surface area (Å²) in [4.78, 5) is 14.4. The lowest BCUT2D eigenvalue weighted by atomic mass is 10.1. The Kier molecular flexibility index (Phi) is 7.14. The number of nitrogens with zero attached hydrogens (tertiary/aromatic N) is 1. The molecular formula is C22H28N2O4. The van der Waals surface area contributed by atoms with E-state index in [-0.39, 0.29) is 12.1 Å². The summed E-state index contributed by atoms with van der Waals surface area (Å²) in [5.74, 6) is 1.47. The van der Waals surface area contributed by atoms with Crippen LogP contribution in [0.25, 0.3) is 0 Å². The maximum absolute atomic E-state index is 12.7. The number of hydrogen-bond acceptors (Lipinski definition) is 4. The SMILES string of the molecule is CCOCc1ccccc1CNC(=O)N(CC)CC1COc2ccccc2O1. The molecule has 0 bridgehead atoms. The van der Waals surface area contributed by atoms with Crippen molar-refractivity contribution in [3.05, 3.63) is 59.7 Å². The largest absolute Gasteiger partial charge is 0.486 e. The first kappa shape index (κ1) is 20.0. The zero-order chi connectivity index (χ0) is 19.8. The molecular weight excluding hydrogens is 356 g/mol. The van der Waals surface area contributed by atoms with Gasteiger partial charge in [0.2, 0.25) is 0 Å². The van der Waals surface area contributed by atoms with E-state index in [9.17, 15) is 4.79 Å². The first-order valence-electron chi connectivity index (χ1n) is 9.77. The number of fused-ring (bicyclic) bond motifs is 1. The molecule has 0 radical (unpaired) electrons. The molecule has 2 aromatic rings. The summed E-state index contributed by atoms with van der Waals surface area (Å²) in [5, 5.41) is 3.01. The smallest absolute Gasteiger partial charge is 0.317 e. The Balaban J connectivity index is 1.55. The summed E-state index contributed by atoms with van der Waals surface area (Å²) in [7, 11) is 0. The molecule has 1 heterocycles. The normalized spacial score (nSPS) is 15.1. The monoisotopic (exact) mass is 384 g/mol. The number of amides is 2. The second kappa shape index (κ2) is 9.99. The first-order valence-corrected chi connectivity index (χ1v) is 9.77. The van der Waals surface area contributed by atoms with Crippen LogP contribution in [0.3, 0.4) is 0 Å². The molecule has 1 aliphatic rings. The standard InChI is InChI=1S/C22H28N2O4/c1-3-24(14-19-16-27-20-11-7-8-12-21(20)28-19)22(25)23-13-17-9-5-6-10-18(17)15-26-4-2/h5-12,19H,3-4,13-16H2,1-2H3,(H,23,25). The molecule has 0 fully saturated rings. The van der Waals surface area contributed by atoms with Crippen molar-refractivity contribution in [1.29, 1.82) is 0 Å². The fraction of sp³-hybridized carbons (Fsp3) is 0.409. The number of carbonyl (C=O) groups excluding carboxylic acids is 1. The fourth-order valence-electron chi connectivity index (χ4n) is 3.12.